The van der Waals surface area contributed by atoms with E-state index in [4.69, 9.17) is 4.42 Å². The number of aromatic nitrogens is 2. The number of amides is 1. The Kier molecular flexibility index (Phi) is 5.01. The van der Waals surface area contributed by atoms with Crippen LogP contribution in [0.1, 0.15) is 33.3 Å². The van der Waals surface area contributed by atoms with Crippen molar-refractivity contribution in [2.45, 2.75) is 26.3 Å². The van der Waals surface area contributed by atoms with Gasteiger partial charge in [0.15, 0.2) is 0 Å². The molecule has 0 aliphatic rings. The number of aryl methyl sites for hydroxylation is 3. The maximum Gasteiger partial charge on any atom is 0.309 e. The van der Waals surface area contributed by atoms with Gasteiger partial charge in [-0.25, -0.2) is 0 Å². The van der Waals surface area contributed by atoms with Crippen molar-refractivity contribution in [1.29, 1.82) is 0 Å². The van der Waals surface area contributed by atoms with Crippen LogP contribution in [-0.2, 0) is 19.4 Å². The highest BCUT2D eigenvalue weighted by atomic mass is 16.4. The molecule has 2 aromatic carbocycles. The normalized spacial score (nSPS) is 10.5. The van der Waals surface area contributed by atoms with E-state index >= 15 is 0 Å². The Morgan fingerprint density at radius 1 is 1.00 bits per heavy atom. The molecule has 5 nitrogen and oxygen atoms in total. The van der Waals surface area contributed by atoms with Gasteiger partial charge < -0.3 is 9.73 Å². The quantitative estimate of drug-likeness (QED) is 0.757. The number of benzene rings is 2. The molecule has 3 aromatic rings. The number of hydrogen-bond acceptors (Lipinski definition) is 4. The molecule has 122 valence electrons. The summed E-state index contributed by atoms with van der Waals surface area (Å²) in [6.45, 7) is 2.45. The molecule has 0 spiro atoms. The summed E-state index contributed by atoms with van der Waals surface area (Å²) in [4.78, 5) is 12.1. The maximum absolute atomic E-state index is 12.1. The van der Waals surface area contributed by atoms with E-state index in [0.717, 1.165) is 17.5 Å². The number of carbonyl (C=O) groups excluding carboxylic acids is 1. The van der Waals surface area contributed by atoms with Gasteiger partial charge in [-0.05, 0) is 30.0 Å². The third kappa shape index (κ3) is 4.07. The first kappa shape index (κ1) is 15.9. The van der Waals surface area contributed by atoms with E-state index in [1.165, 1.54) is 5.56 Å². The first-order chi connectivity index (χ1) is 11.7. The summed E-state index contributed by atoms with van der Waals surface area (Å²) in [6.07, 6.45) is 1.41. The van der Waals surface area contributed by atoms with Gasteiger partial charge in [-0.15, -0.1) is 10.2 Å². The molecule has 0 bridgehead atoms. The number of rotatable bonds is 6. The minimum Gasteiger partial charge on any atom is -0.417 e. The summed E-state index contributed by atoms with van der Waals surface area (Å²) in [5.74, 6) is 0.128. The average Bonchev–Trinajstić information content (AvgIpc) is 3.09. The Labute approximate surface area is 140 Å². The monoisotopic (exact) mass is 321 g/mol. The first-order valence-corrected chi connectivity index (χ1v) is 7.91. The summed E-state index contributed by atoms with van der Waals surface area (Å²) in [7, 11) is 0. The molecule has 3 rings (SSSR count). The predicted molar refractivity (Wildman–Crippen MR) is 90.5 cm³/mol. The van der Waals surface area contributed by atoms with Gasteiger partial charge in [0.1, 0.15) is 0 Å². The minimum absolute atomic E-state index is 0.00615. The molecule has 0 atom stereocenters. The predicted octanol–water partition coefficient (Wildman–Crippen LogP) is 3.09. The van der Waals surface area contributed by atoms with Crippen LogP contribution in [0, 0.1) is 6.92 Å². The van der Waals surface area contributed by atoms with Gasteiger partial charge in [-0.3, -0.25) is 4.79 Å². The van der Waals surface area contributed by atoms with Gasteiger partial charge in [-0.2, -0.15) is 0 Å². The summed E-state index contributed by atoms with van der Waals surface area (Å²) in [5, 5.41) is 10.6. The largest absolute Gasteiger partial charge is 0.417 e. The van der Waals surface area contributed by atoms with Crippen molar-refractivity contribution >= 4 is 5.91 Å². The topological polar surface area (TPSA) is 68.0 Å². The zero-order valence-corrected chi connectivity index (χ0v) is 13.5. The van der Waals surface area contributed by atoms with Crippen molar-refractivity contribution in [1.82, 2.24) is 15.5 Å². The van der Waals surface area contributed by atoms with Crippen molar-refractivity contribution in [3.8, 4) is 0 Å². The molecule has 1 amide bonds. The van der Waals surface area contributed by atoms with Gasteiger partial charge in [0.2, 0.25) is 5.89 Å². The lowest BCUT2D eigenvalue weighted by atomic mass is 10.1. The minimum atomic E-state index is -0.350. The summed E-state index contributed by atoms with van der Waals surface area (Å²) in [5.41, 5.74) is 3.39. The van der Waals surface area contributed by atoms with Gasteiger partial charge >= 0.3 is 11.8 Å². The van der Waals surface area contributed by atoms with Gasteiger partial charge in [0.05, 0.1) is 0 Å². The molecule has 0 fully saturated rings. The Morgan fingerprint density at radius 3 is 2.54 bits per heavy atom. The van der Waals surface area contributed by atoms with Gasteiger partial charge in [0.25, 0.3) is 0 Å². The molecular weight excluding hydrogens is 302 g/mol. The van der Waals surface area contributed by atoms with Crippen LogP contribution in [-0.4, -0.2) is 16.1 Å². The Hall–Kier alpha value is -2.95. The van der Waals surface area contributed by atoms with E-state index in [0.29, 0.717) is 18.9 Å². The highest BCUT2D eigenvalue weighted by Crippen LogP contribution is 2.08. The number of hydrogen-bond donors (Lipinski definition) is 1. The molecule has 0 unspecified atom stereocenters. The van der Waals surface area contributed by atoms with Gasteiger partial charge in [0, 0.05) is 13.0 Å². The first-order valence-electron chi connectivity index (χ1n) is 7.91. The van der Waals surface area contributed by atoms with E-state index in [1.54, 1.807) is 0 Å². The number of nitrogens with zero attached hydrogens (tertiary/aromatic N) is 2. The lowest BCUT2D eigenvalue weighted by Crippen LogP contribution is -2.23. The molecule has 0 saturated heterocycles. The van der Waals surface area contributed by atoms with E-state index in [9.17, 15) is 4.79 Å². The molecular formula is C19H19N3O2. The average molecular weight is 321 g/mol. The van der Waals surface area contributed by atoms with Crippen LogP contribution in [0.25, 0.3) is 0 Å². The molecule has 0 aliphatic heterocycles. The second-order valence-electron chi connectivity index (χ2n) is 5.60. The van der Waals surface area contributed by atoms with E-state index in [-0.39, 0.29) is 11.8 Å². The molecule has 0 aliphatic carbocycles. The third-order valence-electron chi connectivity index (χ3n) is 3.83. The fourth-order valence-electron chi connectivity index (χ4n) is 2.40. The Morgan fingerprint density at radius 2 is 1.75 bits per heavy atom. The van der Waals surface area contributed by atoms with E-state index in [2.05, 4.69) is 15.5 Å². The van der Waals surface area contributed by atoms with E-state index in [1.807, 2.05) is 61.5 Å². The molecule has 0 saturated carbocycles. The SMILES string of the molecule is Cc1ccccc1CNC(=O)c1nnc(CCc2ccccc2)o1. The summed E-state index contributed by atoms with van der Waals surface area (Å²) >= 11 is 0. The van der Waals surface area contributed by atoms with Crippen LogP contribution in [0.3, 0.4) is 0 Å². The molecule has 24 heavy (non-hydrogen) atoms. The zero-order valence-electron chi connectivity index (χ0n) is 13.5. The second-order valence-corrected chi connectivity index (χ2v) is 5.60. The van der Waals surface area contributed by atoms with Crippen molar-refractivity contribution in [2.24, 2.45) is 0 Å². The fraction of sp³-hybridized carbons (Fsp3) is 0.211. The summed E-state index contributed by atoms with van der Waals surface area (Å²) in [6, 6.07) is 18.0. The Balaban J connectivity index is 1.55. The molecule has 1 heterocycles. The lowest BCUT2D eigenvalue weighted by Gasteiger charge is -2.05. The smallest absolute Gasteiger partial charge is 0.309 e. The van der Waals surface area contributed by atoms with Gasteiger partial charge in [-0.1, -0.05) is 54.6 Å². The lowest BCUT2D eigenvalue weighted by molar-refractivity contribution is 0.0914. The van der Waals surface area contributed by atoms with E-state index < -0.39 is 0 Å². The summed E-state index contributed by atoms with van der Waals surface area (Å²) < 4.78 is 5.45. The third-order valence-corrected chi connectivity index (χ3v) is 3.83. The van der Waals surface area contributed by atoms with Crippen LogP contribution in [0.15, 0.2) is 59.0 Å². The van der Waals surface area contributed by atoms with Crippen LogP contribution in [0.4, 0.5) is 0 Å². The Bertz CT molecular complexity index is 812. The van der Waals surface area contributed by atoms with Crippen LogP contribution >= 0.6 is 0 Å². The fourth-order valence-corrected chi connectivity index (χ4v) is 2.40. The standard InChI is InChI=1S/C19H19N3O2/c1-14-7-5-6-10-16(14)13-20-18(23)19-22-21-17(24-19)12-11-15-8-3-2-4-9-15/h2-10H,11-13H2,1H3,(H,20,23). The highest BCUT2D eigenvalue weighted by molar-refractivity contribution is 5.89. The van der Waals surface area contributed by atoms with Crippen molar-refractivity contribution in [3.05, 3.63) is 83.1 Å². The van der Waals surface area contributed by atoms with Crippen LogP contribution in [0.2, 0.25) is 0 Å². The maximum atomic E-state index is 12.1. The van der Waals surface area contributed by atoms with Crippen LogP contribution < -0.4 is 5.32 Å². The molecule has 1 aromatic heterocycles. The van der Waals surface area contributed by atoms with Crippen molar-refractivity contribution in [2.75, 3.05) is 0 Å². The van der Waals surface area contributed by atoms with Crippen LogP contribution in [0.5, 0.6) is 0 Å². The highest BCUT2D eigenvalue weighted by Gasteiger charge is 2.14. The van der Waals surface area contributed by atoms with Crippen molar-refractivity contribution < 1.29 is 9.21 Å². The zero-order chi connectivity index (χ0) is 16.8. The number of nitrogens with one attached hydrogen (secondary N) is 1. The molecule has 5 heteroatoms. The molecule has 1 N–H and O–H groups in total. The van der Waals surface area contributed by atoms with Crippen molar-refractivity contribution in [3.63, 3.8) is 0 Å². The second kappa shape index (κ2) is 7.55. The molecule has 0 radical (unpaired) electrons. The number of carbonyl (C=O) groups is 1.